The number of amides is 1. The lowest BCUT2D eigenvalue weighted by molar-refractivity contribution is -0.133. The van der Waals surface area contributed by atoms with Crippen LogP contribution >= 0.6 is 0 Å². The summed E-state index contributed by atoms with van der Waals surface area (Å²) in [7, 11) is 0. The maximum Gasteiger partial charge on any atom is 0.260 e. The van der Waals surface area contributed by atoms with Gasteiger partial charge in [0.25, 0.3) is 5.91 Å². The first-order chi connectivity index (χ1) is 15.1. The van der Waals surface area contributed by atoms with Crippen LogP contribution in [0.1, 0.15) is 11.1 Å². The van der Waals surface area contributed by atoms with Crippen LogP contribution in [0.5, 0.6) is 5.75 Å². The molecule has 0 spiro atoms. The zero-order valence-corrected chi connectivity index (χ0v) is 17.5. The van der Waals surface area contributed by atoms with E-state index in [4.69, 9.17) is 15.9 Å². The van der Waals surface area contributed by atoms with E-state index in [1.165, 1.54) is 6.21 Å². The van der Waals surface area contributed by atoms with E-state index in [0.29, 0.717) is 25.4 Å². The summed E-state index contributed by atoms with van der Waals surface area (Å²) in [6.45, 7) is 8.93. The predicted molar refractivity (Wildman–Crippen MR) is 128 cm³/mol. The number of nitrogens with two attached hydrogens (primary N) is 1. The minimum Gasteiger partial charge on any atom is -0.483 e. The molecule has 0 aliphatic rings. The number of benzene rings is 3. The van der Waals surface area contributed by atoms with Crippen molar-refractivity contribution in [3.63, 3.8) is 0 Å². The van der Waals surface area contributed by atoms with Gasteiger partial charge in [0.1, 0.15) is 5.75 Å². The molecule has 3 rings (SSSR count). The quantitative estimate of drug-likeness (QED) is 0.529. The van der Waals surface area contributed by atoms with Gasteiger partial charge in [-0.25, -0.2) is 0 Å². The van der Waals surface area contributed by atoms with E-state index in [1.807, 2.05) is 54.6 Å². The molecule has 31 heavy (non-hydrogen) atoms. The molecule has 1 amide bonds. The summed E-state index contributed by atoms with van der Waals surface area (Å²) in [4.78, 5) is 14.7. The molecule has 0 fully saturated rings. The van der Waals surface area contributed by atoms with Gasteiger partial charge in [-0.05, 0) is 33.5 Å². The van der Waals surface area contributed by atoms with Gasteiger partial charge in [-0.2, -0.15) is 0 Å². The number of hydrogen-bond donors (Lipinski definition) is 2. The number of ether oxygens (including phenoxy) is 1. The number of allylic oxidation sites excluding steroid dienone is 1. The van der Waals surface area contributed by atoms with E-state index in [0.717, 1.165) is 32.3 Å². The second kappa shape index (κ2) is 10.4. The summed E-state index contributed by atoms with van der Waals surface area (Å²) in [5.41, 5.74) is 7.55. The van der Waals surface area contributed by atoms with Gasteiger partial charge in [-0.1, -0.05) is 67.8 Å². The van der Waals surface area contributed by atoms with Crippen molar-refractivity contribution in [3.8, 4) is 5.75 Å². The molecule has 0 saturated carbocycles. The normalized spacial score (nSPS) is 11.3. The fraction of sp³-hybridized carbons (Fsp3) is 0.154. The Hall–Kier alpha value is -3.70. The van der Waals surface area contributed by atoms with Crippen LogP contribution < -0.4 is 20.9 Å². The lowest BCUT2D eigenvalue weighted by Gasteiger charge is -2.23. The van der Waals surface area contributed by atoms with Crippen LogP contribution in [0.4, 0.5) is 0 Å². The van der Waals surface area contributed by atoms with E-state index in [9.17, 15) is 4.79 Å². The Balaban J connectivity index is 1.82. The average Bonchev–Trinajstić information content (AvgIpc) is 2.79. The van der Waals surface area contributed by atoms with Crippen molar-refractivity contribution < 1.29 is 9.53 Å². The molecular formula is C26H27N3O2. The van der Waals surface area contributed by atoms with Crippen molar-refractivity contribution in [2.45, 2.75) is 6.54 Å². The molecule has 0 radical (unpaired) electrons. The molecule has 0 heterocycles. The molecular weight excluding hydrogens is 386 g/mol. The molecule has 3 aromatic rings. The third-order valence-corrected chi connectivity index (χ3v) is 5.11. The van der Waals surface area contributed by atoms with Gasteiger partial charge in [-0.15, -0.1) is 0 Å². The number of nitrogens with one attached hydrogen (secondary N) is 1. The third-order valence-electron chi connectivity index (χ3n) is 5.11. The van der Waals surface area contributed by atoms with E-state index in [1.54, 1.807) is 17.0 Å². The van der Waals surface area contributed by atoms with Crippen LogP contribution in [-0.4, -0.2) is 36.7 Å². The zero-order valence-electron chi connectivity index (χ0n) is 17.5. The third kappa shape index (κ3) is 5.08. The number of hydrogen-bond acceptors (Lipinski definition) is 4. The molecule has 0 aromatic heterocycles. The monoisotopic (exact) mass is 413 g/mol. The summed E-state index contributed by atoms with van der Waals surface area (Å²) in [6.07, 6.45) is 4.93. The molecule has 0 saturated heterocycles. The minimum absolute atomic E-state index is 0.0987. The van der Waals surface area contributed by atoms with Crippen LogP contribution in [0.3, 0.4) is 0 Å². The van der Waals surface area contributed by atoms with E-state index >= 15 is 0 Å². The van der Waals surface area contributed by atoms with Crippen molar-refractivity contribution >= 4 is 35.5 Å². The van der Waals surface area contributed by atoms with Crippen molar-refractivity contribution in [1.29, 1.82) is 5.41 Å². The average molecular weight is 414 g/mol. The second-order valence-electron chi connectivity index (χ2n) is 7.13. The number of rotatable bonds is 9. The summed E-state index contributed by atoms with van der Waals surface area (Å²) in [5, 5.41) is 11.2. The topological polar surface area (TPSA) is 79.4 Å². The van der Waals surface area contributed by atoms with Gasteiger partial charge in [0, 0.05) is 36.8 Å². The highest BCUT2D eigenvalue weighted by atomic mass is 16.5. The highest BCUT2D eigenvalue weighted by Crippen LogP contribution is 2.27. The standard InChI is InChI=1S/C26H27N3O2/c1-3-7-22-19(2)8-6-9-21(22)17-29(15-14-27)26(30)18-31-25-13-12-20(16-28)23-10-4-5-11-24(23)25/h3-13,16,28H,1-2,14-15,17-18,27H2/b22-7+,28-16?. The Morgan fingerprint density at radius 1 is 1.10 bits per heavy atom. The largest absolute Gasteiger partial charge is 0.483 e. The smallest absolute Gasteiger partial charge is 0.260 e. The lowest BCUT2D eigenvalue weighted by Crippen LogP contribution is -2.40. The van der Waals surface area contributed by atoms with Gasteiger partial charge in [0.15, 0.2) is 6.61 Å². The zero-order chi connectivity index (χ0) is 22.2. The number of nitrogens with zero attached hydrogens (tertiary/aromatic N) is 1. The number of carbonyl (C=O) groups excluding carboxylic acids is 1. The highest BCUT2D eigenvalue weighted by molar-refractivity contribution is 6.01. The molecule has 158 valence electrons. The molecule has 0 unspecified atom stereocenters. The summed E-state index contributed by atoms with van der Waals surface area (Å²) < 4.78 is 5.90. The number of carbonyl (C=O) groups is 1. The Labute approximate surface area is 182 Å². The van der Waals surface area contributed by atoms with Crippen LogP contribution in [0, 0.1) is 5.41 Å². The molecule has 5 heteroatoms. The van der Waals surface area contributed by atoms with Crippen LogP contribution in [0.15, 0.2) is 67.3 Å². The molecule has 3 N–H and O–H groups in total. The SMILES string of the molecule is C=C/C=c1/c(CN(CCN)C(=O)COc2ccc(C=N)c3ccccc23)cccc1=C. The molecule has 0 atom stereocenters. The van der Waals surface area contributed by atoms with Gasteiger partial charge in [-0.3, -0.25) is 4.79 Å². The Morgan fingerprint density at radius 3 is 2.58 bits per heavy atom. The summed E-state index contributed by atoms with van der Waals surface area (Å²) in [5.74, 6) is 0.465. The lowest BCUT2D eigenvalue weighted by atomic mass is 10.0. The fourth-order valence-electron chi connectivity index (χ4n) is 3.57. The van der Waals surface area contributed by atoms with Gasteiger partial charge >= 0.3 is 0 Å². The first-order valence-corrected chi connectivity index (χ1v) is 10.1. The first kappa shape index (κ1) is 22.0. The summed E-state index contributed by atoms with van der Waals surface area (Å²) >= 11 is 0. The van der Waals surface area contributed by atoms with Crippen LogP contribution in [-0.2, 0) is 11.3 Å². The van der Waals surface area contributed by atoms with E-state index in [2.05, 4.69) is 13.2 Å². The van der Waals surface area contributed by atoms with Crippen LogP contribution in [0.2, 0.25) is 0 Å². The number of fused-ring (bicyclic) bond motifs is 1. The second-order valence-corrected chi connectivity index (χ2v) is 7.13. The first-order valence-electron chi connectivity index (χ1n) is 10.1. The Bertz CT molecular complexity index is 1220. The van der Waals surface area contributed by atoms with E-state index in [-0.39, 0.29) is 12.5 Å². The molecule has 3 aromatic carbocycles. The van der Waals surface area contributed by atoms with Crippen molar-refractivity contribution in [3.05, 3.63) is 88.8 Å². The van der Waals surface area contributed by atoms with Crippen molar-refractivity contribution in [2.24, 2.45) is 5.73 Å². The maximum atomic E-state index is 13.0. The predicted octanol–water partition coefficient (Wildman–Crippen LogP) is 2.58. The Kier molecular flexibility index (Phi) is 7.35. The van der Waals surface area contributed by atoms with Gasteiger partial charge < -0.3 is 20.8 Å². The molecule has 0 aliphatic heterocycles. The van der Waals surface area contributed by atoms with Gasteiger partial charge in [0.05, 0.1) is 0 Å². The highest BCUT2D eigenvalue weighted by Gasteiger charge is 2.16. The van der Waals surface area contributed by atoms with Crippen molar-refractivity contribution in [1.82, 2.24) is 4.90 Å². The van der Waals surface area contributed by atoms with E-state index < -0.39 is 0 Å². The van der Waals surface area contributed by atoms with Crippen LogP contribution in [0.25, 0.3) is 23.4 Å². The maximum absolute atomic E-state index is 13.0. The van der Waals surface area contributed by atoms with Gasteiger partial charge in [0.2, 0.25) is 0 Å². The minimum atomic E-state index is -0.148. The molecule has 0 aliphatic carbocycles. The Morgan fingerprint density at radius 2 is 1.87 bits per heavy atom. The van der Waals surface area contributed by atoms with Crippen molar-refractivity contribution in [2.75, 3.05) is 19.7 Å². The summed E-state index contributed by atoms with van der Waals surface area (Å²) in [6, 6.07) is 17.2. The molecule has 0 bridgehead atoms. The fourth-order valence-corrected chi connectivity index (χ4v) is 3.57. The molecule has 5 nitrogen and oxygen atoms in total.